The summed E-state index contributed by atoms with van der Waals surface area (Å²) in [4.78, 5) is 16.2. The zero-order chi connectivity index (χ0) is 16.9. The molecule has 0 saturated carbocycles. The van der Waals surface area contributed by atoms with E-state index in [2.05, 4.69) is 20.7 Å². The lowest BCUT2D eigenvalue weighted by Crippen LogP contribution is -2.51. The van der Waals surface area contributed by atoms with E-state index in [0.717, 1.165) is 0 Å². The van der Waals surface area contributed by atoms with Gasteiger partial charge in [-0.3, -0.25) is 10.00 Å². The molecule has 0 aliphatic carbocycles. The van der Waals surface area contributed by atoms with Gasteiger partial charge < -0.3 is 10.1 Å². The zero-order valence-electron chi connectivity index (χ0n) is 13.3. The summed E-state index contributed by atoms with van der Waals surface area (Å²) in [5.74, 6) is 0.831. The fourth-order valence-corrected chi connectivity index (χ4v) is 2.01. The third-order valence-corrected chi connectivity index (χ3v) is 3.69. The molecule has 2 heterocycles. The predicted octanol–water partition coefficient (Wildman–Crippen LogP) is 2.84. The largest absolute Gasteiger partial charge is 0.474 e. The number of anilines is 1. The lowest BCUT2D eigenvalue weighted by atomic mass is 10.0. The molecule has 0 spiro atoms. The van der Waals surface area contributed by atoms with Crippen molar-refractivity contribution in [3.8, 4) is 5.88 Å². The number of urea groups is 1. The number of rotatable bonds is 6. The molecule has 0 aromatic carbocycles. The van der Waals surface area contributed by atoms with E-state index >= 15 is 0 Å². The van der Waals surface area contributed by atoms with Crippen LogP contribution in [0, 0.1) is 0 Å². The van der Waals surface area contributed by atoms with Gasteiger partial charge in [-0.15, -0.1) is 0 Å². The maximum Gasteiger partial charge on any atom is 0.320 e. The smallest absolute Gasteiger partial charge is 0.320 e. The summed E-state index contributed by atoms with van der Waals surface area (Å²) in [7, 11) is 1.78. The van der Waals surface area contributed by atoms with Gasteiger partial charge in [-0.05, 0) is 25.5 Å². The minimum absolute atomic E-state index is 0.246. The van der Waals surface area contributed by atoms with Crippen molar-refractivity contribution in [2.24, 2.45) is 7.05 Å². The second-order valence-corrected chi connectivity index (χ2v) is 5.85. The first-order valence-electron chi connectivity index (χ1n) is 7.24. The molecule has 1 atom stereocenters. The van der Waals surface area contributed by atoms with Gasteiger partial charge in [-0.2, -0.15) is 5.10 Å². The third-order valence-electron chi connectivity index (χ3n) is 3.40. The minimum Gasteiger partial charge on any atom is -0.474 e. The number of hydrogen-bond donors (Lipinski definition) is 2. The Hall–Kier alpha value is -2.28. The van der Waals surface area contributed by atoms with Gasteiger partial charge in [-0.25, -0.2) is 9.78 Å². The maximum atomic E-state index is 12.1. The van der Waals surface area contributed by atoms with E-state index < -0.39 is 5.54 Å². The molecule has 0 fully saturated rings. The Morgan fingerprint density at radius 2 is 2.26 bits per heavy atom. The molecular weight excluding hydrogens is 318 g/mol. The highest BCUT2D eigenvalue weighted by Gasteiger charge is 2.26. The van der Waals surface area contributed by atoms with E-state index in [-0.39, 0.29) is 12.6 Å². The molecule has 2 aromatic rings. The lowest BCUT2D eigenvalue weighted by Gasteiger charge is -2.29. The van der Waals surface area contributed by atoms with Gasteiger partial charge in [0.2, 0.25) is 5.88 Å². The molecule has 2 aromatic heterocycles. The van der Waals surface area contributed by atoms with E-state index in [0.29, 0.717) is 23.1 Å². The summed E-state index contributed by atoms with van der Waals surface area (Å²) < 4.78 is 7.25. The minimum atomic E-state index is -0.570. The summed E-state index contributed by atoms with van der Waals surface area (Å²) >= 11 is 6.01. The Bertz CT molecular complexity index is 675. The monoisotopic (exact) mass is 337 g/mol. The number of nitrogens with one attached hydrogen (secondary N) is 2. The Morgan fingerprint density at radius 3 is 2.87 bits per heavy atom. The first-order valence-corrected chi connectivity index (χ1v) is 7.62. The second kappa shape index (κ2) is 7.32. The Morgan fingerprint density at radius 1 is 1.48 bits per heavy atom. The van der Waals surface area contributed by atoms with Crippen LogP contribution in [0.25, 0.3) is 0 Å². The molecule has 2 N–H and O–H groups in total. The first-order chi connectivity index (χ1) is 10.9. The predicted molar refractivity (Wildman–Crippen MR) is 88.8 cm³/mol. The van der Waals surface area contributed by atoms with E-state index in [1.165, 1.54) is 0 Å². The number of carbonyl (C=O) groups excluding carboxylic acids is 1. The van der Waals surface area contributed by atoms with Crippen LogP contribution in [0.1, 0.15) is 20.3 Å². The summed E-state index contributed by atoms with van der Waals surface area (Å²) in [5.41, 5.74) is -0.570. The lowest BCUT2D eigenvalue weighted by molar-refractivity contribution is 0.183. The van der Waals surface area contributed by atoms with E-state index in [1.807, 2.05) is 13.8 Å². The SMILES string of the molecule is CC[C@@](C)(COc1ncccc1Cl)NC(=O)Nc1ccn(C)n1. The molecule has 0 saturated heterocycles. The van der Waals surface area contributed by atoms with E-state index in [4.69, 9.17) is 16.3 Å². The van der Waals surface area contributed by atoms with Crippen molar-refractivity contribution in [1.82, 2.24) is 20.1 Å². The highest BCUT2D eigenvalue weighted by Crippen LogP contribution is 2.22. The summed E-state index contributed by atoms with van der Waals surface area (Å²) in [6.45, 7) is 4.10. The van der Waals surface area contributed by atoms with Gasteiger partial charge in [-0.1, -0.05) is 18.5 Å². The number of carbonyl (C=O) groups is 1. The van der Waals surface area contributed by atoms with Gasteiger partial charge in [0.1, 0.15) is 11.6 Å². The van der Waals surface area contributed by atoms with Crippen LogP contribution in [-0.2, 0) is 7.05 Å². The van der Waals surface area contributed by atoms with Crippen LogP contribution in [0.2, 0.25) is 5.02 Å². The van der Waals surface area contributed by atoms with Gasteiger partial charge in [0.05, 0.1) is 5.54 Å². The Balaban J connectivity index is 1.94. The normalized spacial score (nSPS) is 13.2. The maximum absolute atomic E-state index is 12.1. The number of aromatic nitrogens is 3. The standard InChI is InChI=1S/C15H20ClN5O2/c1-4-15(2,10-23-13-11(16)6-5-8-17-13)19-14(22)18-12-7-9-21(3)20-12/h5-9H,4,10H2,1-3H3,(H2,18,19,20,22)/t15-/m0/s1. The molecular formula is C15H20ClN5O2. The van der Waals surface area contributed by atoms with Crippen LogP contribution in [0.15, 0.2) is 30.6 Å². The molecule has 0 aliphatic heterocycles. The molecule has 0 unspecified atom stereocenters. The highest BCUT2D eigenvalue weighted by atomic mass is 35.5. The zero-order valence-corrected chi connectivity index (χ0v) is 14.1. The highest BCUT2D eigenvalue weighted by molar-refractivity contribution is 6.31. The van der Waals surface area contributed by atoms with Crippen molar-refractivity contribution < 1.29 is 9.53 Å². The first kappa shape index (κ1) is 17.1. The average molecular weight is 338 g/mol. The number of halogens is 1. The molecule has 2 amide bonds. The fraction of sp³-hybridized carbons (Fsp3) is 0.400. The van der Waals surface area contributed by atoms with Crippen LogP contribution in [0.5, 0.6) is 5.88 Å². The van der Waals surface area contributed by atoms with Gasteiger partial charge in [0.25, 0.3) is 0 Å². The second-order valence-electron chi connectivity index (χ2n) is 5.45. The Kier molecular flexibility index (Phi) is 5.44. The van der Waals surface area contributed by atoms with Crippen molar-refractivity contribution in [3.63, 3.8) is 0 Å². The number of pyridine rings is 1. The number of nitrogens with zero attached hydrogens (tertiary/aromatic N) is 3. The molecule has 0 radical (unpaired) electrons. The van der Waals surface area contributed by atoms with Crippen LogP contribution >= 0.6 is 11.6 Å². The van der Waals surface area contributed by atoms with Crippen molar-refractivity contribution in [2.75, 3.05) is 11.9 Å². The molecule has 7 nitrogen and oxygen atoms in total. The summed E-state index contributed by atoms with van der Waals surface area (Å²) in [5, 5.41) is 10.1. The molecule has 23 heavy (non-hydrogen) atoms. The molecule has 0 bridgehead atoms. The van der Waals surface area contributed by atoms with E-state index in [1.54, 1.807) is 42.3 Å². The number of ether oxygens (including phenoxy) is 1. The van der Waals surface area contributed by atoms with Crippen molar-refractivity contribution in [1.29, 1.82) is 0 Å². The molecule has 2 rings (SSSR count). The van der Waals surface area contributed by atoms with Crippen molar-refractivity contribution in [3.05, 3.63) is 35.6 Å². The molecule has 8 heteroatoms. The van der Waals surface area contributed by atoms with Crippen LogP contribution in [0.3, 0.4) is 0 Å². The fourth-order valence-electron chi connectivity index (χ4n) is 1.83. The van der Waals surface area contributed by atoms with Gasteiger partial charge >= 0.3 is 6.03 Å². The number of aryl methyl sites for hydroxylation is 1. The van der Waals surface area contributed by atoms with Crippen molar-refractivity contribution in [2.45, 2.75) is 25.8 Å². The molecule has 124 valence electrons. The van der Waals surface area contributed by atoms with Crippen molar-refractivity contribution >= 4 is 23.4 Å². The Labute approximate surface area is 140 Å². The number of amides is 2. The van der Waals surface area contributed by atoms with Gasteiger partial charge in [0.15, 0.2) is 5.82 Å². The number of hydrogen-bond acceptors (Lipinski definition) is 4. The van der Waals surface area contributed by atoms with Gasteiger partial charge in [0, 0.05) is 25.5 Å². The average Bonchev–Trinajstić information content (AvgIpc) is 2.91. The summed E-state index contributed by atoms with van der Waals surface area (Å²) in [6, 6.07) is 4.80. The topological polar surface area (TPSA) is 81.1 Å². The molecule has 0 aliphatic rings. The van der Waals surface area contributed by atoms with E-state index in [9.17, 15) is 4.79 Å². The third kappa shape index (κ3) is 4.85. The quantitative estimate of drug-likeness (QED) is 0.849. The van der Waals surface area contributed by atoms with Crippen LogP contribution in [0.4, 0.5) is 10.6 Å². The van der Waals surface area contributed by atoms with Crippen LogP contribution in [-0.4, -0.2) is 32.9 Å². The summed E-state index contributed by atoms with van der Waals surface area (Å²) in [6.07, 6.45) is 4.03. The van der Waals surface area contributed by atoms with Crippen LogP contribution < -0.4 is 15.4 Å².